The Morgan fingerprint density at radius 1 is 0.918 bits per heavy atom. The molecule has 3 heterocycles. The van der Waals surface area contributed by atoms with Gasteiger partial charge in [-0.25, -0.2) is 0 Å². The van der Waals surface area contributed by atoms with E-state index in [1.807, 2.05) is 35.2 Å². The Labute approximate surface area is 286 Å². The van der Waals surface area contributed by atoms with Crippen LogP contribution in [0.5, 0.6) is 11.5 Å². The van der Waals surface area contributed by atoms with Crippen LogP contribution in [0.4, 0.5) is 0 Å². The number of likely N-dealkylation sites (tertiary alicyclic amines) is 1. The molecule has 3 aliphatic rings. The second-order valence-corrected chi connectivity index (χ2v) is 13.1. The number of amides is 4. The Morgan fingerprint density at radius 3 is 2.49 bits per heavy atom. The molecule has 12 heteroatoms. The van der Waals surface area contributed by atoms with Gasteiger partial charge in [0.2, 0.25) is 17.6 Å². The molecule has 0 spiro atoms. The highest BCUT2D eigenvalue weighted by atomic mass is 16.5. The van der Waals surface area contributed by atoms with Gasteiger partial charge in [-0.1, -0.05) is 48.3 Å². The molecule has 1 saturated carbocycles. The van der Waals surface area contributed by atoms with E-state index in [2.05, 4.69) is 15.8 Å². The fourth-order valence-electron chi connectivity index (χ4n) is 6.99. The summed E-state index contributed by atoms with van der Waals surface area (Å²) in [6.07, 6.45) is 6.79. The van der Waals surface area contributed by atoms with Crippen LogP contribution in [-0.4, -0.2) is 90.6 Å². The van der Waals surface area contributed by atoms with E-state index in [1.54, 1.807) is 24.3 Å². The summed E-state index contributed by atoms with van der Waals surface area (Å²) < 4.78 is 17.3. The summed E-state index contributed by atoms with van der Waals surface area (Å²) in [6, 6.07) is 15.1. The van der Waals surface area contributed by atoms with E-state index in [1.165, 1.54) is 24.9 Å². The van der Waals surface area contributed by atoms with Crippen LogP contribution in [0.25, 0.3) is 11.3 Å². The van der Waals surface area contributed by atoms with Crippen LogP contribution in [0.15, 0.2) is 59.1 Å². The van der Waals surface area contributed by atoms with Crippen molar-refractivity contribution in [3.8, 4) is 22.8 Å². The van der Waals surface area contributed by atoms with Gasteiger partial charge >= 0.3 is 0 Å². The summed E-state index contributed by atoms with van der Waals surface area (Å²) in [5.41, 5.74) is 1.70. The Morgan fingerprint density at radius 2 is 1.69 bits per heavy atom. The van der Waals surface area contributed by atoms with Gasteiger partial charge in [-0.15, -0.1) is 0 Å². The van der Waals surface area contributed by atoms with Crippen molar-refractivity contribution in [2.75, 3.05) is 39.8 Å². The van der Waals surface area contributed by atoms with Gasteiger partial charge in [-0.2, -0.15) is 0 Å². The SMILES string of the molecule is COc1ccc2cc1O[C@H]1C[C@@H](C(=O)NCCCCN(C(=O)CC3CCCC3)CCCNC2=O)N(C(=O)c2cc(-c3ccccc3)no2)C1. The molecule has 4 amide bonds. The second kappa shape index (κ2) is 16.0. The highest BCUT2D eigenvalue weighted by Crippen LogP contribution is 2.33. The molecule has 2 atom stereocenters. The van der Waals surface area contributed by atoms with Crippen LogP contribution in [0, 0.1) is 5.92 Å². The fourth-order valence-corrected chi connectivity index (χ4v) is 6.99. The van der Waals surface area contributed by atoms with Gasteiger partial charge in [0.25, 0.3) is 11.8 Å². The van der Waals surface area contributed by atoms with Crippen LogP contribution in [0.2, 0.25) is 0 Å². The number of rotatable bonds is 5. The van der Waals surface area contributed by atoms with Gasteiger partial charge in [0.1, 0.15) is 17.8 Å². The number of nitrogens with zero attached hydrogens (tertiary/aromatic N) is 3. The smallest absolute Gasteiger partial charge is 0.293 e. The molecule has 0 unspecified atom stereocenters. The largest absolute Gasteiger partial charge is 0.493 e. The van der Waals surface area contributed by atoms with E-state index in [9.17, 15) is 19.2 Å². The molecule has 1 saturated heterocycles. The van der Waals surface area contributed by atoms with Gasteiger partial charge in [0.05, 0.1) is 13.7 Å². The third-order valence-electron chi connectivity index (χ3n) is 9.67. The predicted octanol–water partition coefficient (Wildman–Crippen LogP) is 4.45. The molecule has 4 bridgehead atoms. The number of benzene rings is 2. The number of ether oxygens (including phenoxy) is 2. The van der Waals surface area contributed by atoms with Crippen LogP contribution in [-0.2, 0) is 9.59 Å². The third kappa shape index (κ3) is 8.41. The van der Waals surface area contributed by atoms with Crippen molar-refractivity contribution in [1.29, 1.82) is 0 Å². The second-order valence-electron chi connectivity index (χ2n) is 13.1. The highest BCUT2D eigenvalue weighted by molar-refractivity contribution is 5.97. The van der Waals surface area contributed by atoms with Crippen LogP contribution >= 0.6 is 0 Å². The number of carbonyl (C=O) groups excluding carboxylic acids is 4. The molecule has 6 rings (SSSR count). The summed E-state index contributed by atoms with van der Waals surface area (Å²) in [5.74, 6) is 0.332. The predicted molar refractivity (Wildman–Crippen MR) is 181 cm³/mol. The third-order valence-corrected chi connectivity index (χ3v) is 9.67. The van der Waals surface area contributed by atoms with E-state index in [-0.39, 0.29) is 36.4 Å². The summed E-state index contributed by atoms with van der Waals surface area (Å²) in [6.45, 7) is 2.05. The molecule has 49 heavy (non-hydrogen) atoms. The number of hydrogen-bond acceptors (Lipinski definition) is 8. The first-order valence-electron chi connectivity index (χ1n) is 17.4. The van der Waals surface area contributed by atoms with E-state index >= 15 is 0 Å². The molecule has 260 valence electrons. The zero-order valence-corrected chi connectivity index (χ0v) is 28.0. The molecule has 3 aromatic rings. The van der Waals surface area contributed by atoms with Crippen LogP contribution < -0.4 is 20.1 Å². The summed E-state index contributed by atoms with van der Waals surface area (Å²) >= 11 is 0. The molecule has 2 aliphatic heterocycles. The first kappa shape index (κ1) is 34.0. The maximum Gasteiger partial charge on any atom is 0.293 e. The molecule has 2 fully saturated rings. The monoisotopic (exact) mass is 671 g/mol. The van der Waals surface area contributed by atoms with E-state index in [4.69, 9.17) is 14.0 Å². The number of fused-ring (bicyclic) bond motifs is 4. The normalized spacial score (nSPS) is 21.2. The van der Waals surface area contributed by atoms with Gasteiger partial charge in [-0.3, -0.25) is 19.2 Å². The lowest BCUT2D eigenvalue weighted by Gasteiger charge is -2.25. The minimum absolute atomic E-state index is 0.0189. The Kier molecular flexibility index (Phi) is 11.1. The fraction of sp³-hybridized carbons (Fsp3) is 0.486. The van der Waals surface area contributed by atoms with Gasteiger partial charge < -0.3 is 34.4 Å². The number of aromatic nitrogens is 1. The molecule has 0 radical (unpaired) electrons. The highest BCUT2D eigenvalue weighted by Gasteiger charge is 2.42. The van der Waals surface area contributed by atoms with Crippen LogP contribution in [0.3, 0.4) is 0 Å². The molecular formula is C37H45N5O7. The van der Waals surface area contributed by atoms with Gasteiger partial charge in [0.15, 0.2) is 11.5 Å². The Bertz CT molecular complexity index is 1620. The Balaban J connectivity index is 1.21. The van der Waals surface area contributed by atoms with Crippen molar-refractivity contribution in [3.63, 3.8) is 0 Å². The zero-order chi connectivity index (χ0) is 34.2. The maximum atomic E-state index is 13.8. The lowest BCUT2D eigenvalue weighted by Crippen LogP contribution is -2.46. The first-order valence-corrected chi connectivity index (χ1v) is 17.4. The lowest BCUT2D eigenvalue weighted by molar-refractivity contribution is -0.132. The first-order chi connectivity index (χ1) is 23.9. The molecule has 2 N–H and O–H groups in total. The standard InChI is InChI=1S/C37H45N5O7/c1-47-31-15-14-27-21-32(31)48-28-22-30(42(24-28)37(46)33-23-29(40-49-33)26-12-3-2-4-13-26)36(45)39-16-7-8-18-41(19-9-17-38-35(27)44)34(43)20-25-10-5-6-11-25/h2-4,12-15,21,23,25,28,30H,5-11,16-20,22,24H2,1H3,(H,38,44)(H,39,45)/t28-,30-/m0/s1. The van der Waals surface area contributed by atoms with E-state index < -0.39 is 18.1 Å². The average Bonchev–Trinajstić information content (AvgIpc) is 3.91. The number of carbonyl (C=O) groups is 4. The molecule has 1 aliphatic carbocycles. The van der Waals surface area contributed by atoms with Crippen molar-refractivity contribution in [1.82, 2.24) is 25.6 Å². The maximum absolute atomic E-state index is 13.8. The molecule has 12 nitrogen and oxygen atoms in total. The summed E-state index contributed by atoms with van der Waals surface area (Å²) in [4.78, 5) is 57.3. The van der Waals surface area contributed by atoms with Crippen molar-refractivity contribution in [3.05, 3.63) is 65.9 Å². The van der Waals surface area contributed by atoms with E-state index in [0.29, 0.717) is 80.5 Å². The Hall–Kier alpha value is -4.87. The van der Waals surface area contributed by atoms with Crippen molar-refractivity contribution < 1.29 is 33.2 Å². The summed E-state index contributed by atoms with van der Waals surface area (Å²) in [7, 11) is 1.51. The quantitative estimate of drug-likeness (QED) is 0.405. The minimum atomic E-state index is -0.827. The molecule has 2 aromatic carbocycles. The zero-order valence-electron chi connectivity index (χ0n) is 28.0. The van der Waals surface area contributed by atoms with Crippen molar-refractivity contribution in [2.45, 2.75) is 69.9 Å². The van der Waals surface area contributed by atoms with Crippen LogP contribution in [0.1, 0.15) is 78.7 Å². The summed E-state index contributed by atoms with van der Waals surface area (Å²) in [5, 5.41) is 10.1. The average molecular weight is 672 g/mol. The minimum Gasteiger partial charge on any atom is -0.493 e. The van der Waals surface area contributed by atoms with Gasteiger partial charge in [0, 0.05) is 56.2 Å². The number of methoxy groups -OCH3 is 1. The van der Waals surface area contributed by atoms with Crippen molar-refractivity contribution in [2.24, 2.45) is 5.92 Å². The molecular weight excluding hydrogens is 626 g/mol. The lowest BCUT2D eigenvalue weighted by atomic mass is 10.0. The number of hydrogen-bond donors (Lipinski definition) is 2. The van der Waals surface area contributed by atoms with Gasteiger partial charge in [-0.05, 0) is 56.2 Å². The molecule has 1 aromatic heterocycles. The number of nitrogens with one attached hydrogen (secondary N) is 2. The topological polar surface area (TPSA) is 143 Å². The van der Waals surface area contributed by atoms with E-state index in [0.717, 1.165) is 18.4 Å². The van der Waals surface area contributed by atoms with Crippen molar-refractivity contribution >= 4 is 23.6 Å².